The van der Waals surface area contributed by atoms with Crippen LogP contribution in [0.3, 0.4) is 0 Å². The highest BCUT2D eigenvalue weighted by atomic mass is 15.1. The molecule has 0 aliphatic rings. The number of nitrogens with zero attached hydrogens (tertiary/aromatic N) is 2. The molecule has 0 radical (unpaired) electrons. The van der Waals surface area contributed by atoms with E-state index in [1.54, 1.807) is 0 Å². The molecule has 0 aliphatic heterocycles. The van der Waals surface area contributed by atoms with E-state index >= 15 is 0 Å². The van der Waals surface area contributed by atoms with Crippen LogP contribution in [0.5, 0.6) is 0 Å². The molecule has 1 aromatic heterocycles. The lowest BCUT2D eigenvalue weighted by Gasteiger charge is -2.03. The molecule has 0 bridgehead atoms. The average Bonchev–Trinajstić information content (AvgIpc) is 2.81. The topological polar surface area (TPSA) is 8.81 Å². The molecule has 0 aliphatic carbocycles. The SMILES string of the molecule is CCCCc1n(-c2ccccc2)cc[n+]1CCC. The summed E-state index contributed by atoms with van der Waals surface area (Å²) in [5.74, 6) is 1.42. The Kier molecular flexibility index (Phi) is 4.57. The summed E-state index contributed by atoms with van der Waals surface area (Å²) >= 11 is 0. The number of aryl methyl sites for hydroxylation is 1. The minimum atomic E-state index is 1.11. The Hall–Kier alpha value is -1.57. The van der Waals surface area contributed by atoms with Crippen molar-refractivity contribution in [1.82, 2.24) is 4.57 Å². The highest BCUT2D eigenvalue weighted by Crippen LogP contribution is 2.11. The molecule has 96 valence electrons. The molecular formula is C16H23N2+. The van der Waals surface area contributed by atoms with Gasteiger partial charge in [-0.2, -0.15) is 4.57 Å². The smallest absolute Gasteiger partial charge is 0.234 e. The Balaban J connectivity index is 2.34. The van der Waals surface area contributed by atoms with E-state index in [-0.39, 0.29) is 0 Å². The summed E-state index contributed by atoms with van der Waals surface area (Å²) in [5, 5.41) is 0. The van der Waals surface area contributed by atoms with E-state index in [9.17, 15) is 0 Å². The number of hydrogen-bond acceptors (Lipinski definition) is 0. The van der Waals surface area contributed by atoms with Crippen molar-refractivity contribution in [3.8, 4) is 5.69 Å². The molecule has 0 atom stereocenters. The fraction of sp³-hybridized carbons (Fsp3) is 0.438. The van der Waals surface area contributed by atoms with Crippen molar-refractivity contribution in [1.29, 1.82) is 0 Å². The number of para-hydroxylation sites is 1. The van der Waals surface area contributed by atoms with E-state index in [1.807, 2.05) is 0 Å². The van der Waals surface area contributed by atoms with Gasteiger partial charge < -0.3 is 0 Å². The van der Waals surface area contributed by atoms with E-state index in [0.29, 0.717) is 0 Å². The van der Waals surface area contributed by atoms with Crippen LogP contribution in [0.25, 0.3) is 5.69 Å². The zero-order valence-corrected chi connectivity index (χ0v) is 11.5. The minimum Gasteiger partial charge on any atom is -0.234 e. The van der Waals surface area contributed by atoms with Crippen molar-refractivity contribution in [2.45, 2.75) is 46.1 Å². The molecule has 0 amide bonds. The number of benzene rings is 1. The van der Waals surface area contributed by atoms with Crippen molar-refractivity contribution in [3.05, 3.63) is 48.5 Å². The van der Waals surface area contributed by atoms with Gasteiger partial charge in [0, 0.05) is 6.42 Å². The van der Waals surface area contributed by atoms with Crippen LogP contribution < -0.4 is 4.57 Å². The molecule has 0 saturated heterocycles. The van der Waals surface area contributed by atoms with Crippen LogP contribution in [0.15, 0.2) is 42.7 Å². The molecule has 0 saturated carbocycles. The predicted octanol–water partition coefficient (Wildman–Crippen LogP) is 3.52. The first-order valence-corrected chi connectivity index (χ1v) is 7.02. The molecule has 2 rings (SSSR count). The number of aromatic nitrogens is 2. The summed E-state index contributed by atoms with van der Waals surface area (Å²) in [6.07, 6.45) is 9.23. The molecule has 0 N–H and O–H groups in total. The summed E-state index contributed by atoms with van der Waals surface area (Å²) in [6.45, 7) is 5.59. The molecule has 2 heteroatoms. The third-order valence-electron chi connectivity index (χ3n) is 3.26. The Labute approximate surface area is 110 Å². The van der Waals surface area contributed by atoms with Crippen molar-refractivity contribution >= 4 is 0 Å². The van der Waals surface area contributed by atoms with Crippen molar-refractivity contribution in [3.63, 3.8) is 0 Å². The molecular weight excluding hydrogens is 220 g/mol. The van der Waals surface area contributed by atoms with Crippen LogP contribution in [0, 0.1) is 0 Å². The van der Waals surface area contributed by atoms with Crippen LogP contribution in [-0.2, 0) is 13.0 Å². The lowest BCUT2D eigenvalue weighted by atomic mass is 10.2. The van der Waals surface area contributed by atoms with E-state index in [1.165, 1.54) is 30.8 Å². The van der Waals surface area contributed by atoms with Crippen molar-refractivity contribution in [2.24, 2.45) is 0 Å². The predicted molar refractivity (Wildman–Crippen MR) is 74.9 cm³/mol. The molecule has 2 nitrogen and oxygen atoms in total. The van der Waals surface area contributed by atoms with Gasteiger partial charge in [-0.05, 0) is 25.0 Å². The minimum absolute atomic E-state index is 1.11. The van der Waals surface area contributed by atoms with Gasteiger partial charge in [-0.25, -0.2) is 4.57 Å². The molecule has 18 heavy (non-hydrogen) atoms. The fourth-order valence-electron chi connectivity index (χ4n) is 2.32. The maximum Gasteiger partial charge on any atom is 0.261 e. The Morgan fingerprint density at radius 3 is 2.50 bits per heavy atom. The van der Waals surface area contributed by atoms with Gasteiger partial charge in [0.25, 0.3) is 5.82 Å². The second-order valence-electron chi connectivity index (χ2n) is 4.72. The standard InChI is InChI=1S/C16H23N2/c1-3-5-11-16-17(12-4-2)13-14-18(16)15-9-7-6-8-10-15/h6-10,13-14H,3-5,11-12H2,1-2H3/q+1. The van der Waals surface area contributed by atoms with Crippen LogP contribution in [-0.4, -0.2) is 4.57 Å². The fourth-order valence-corrected chi connectivity index (χ4v) is 2.32. The first kappa shape index (κ1) is 12.9. The summed E-state index contributed by atoms with van der Waals surface area (Å²) < 4.78 is 4.72. The van der Waals surface area contributed by atoms with Gasteiger partial charge in [-0.3, -0.25) is 0 Å². The summed E-state index contributed by atoms with van der Waals surface area (Å²) in [4.78, 5) is 0. The molecule has 1 aromatic carbocycles. The quantitative estimate of drug-likeness (QED) is 0.686. The van der Waals surface area contributed by atoms with E-state index in [0.717, 1.165) is 13.0 Å². The van der Waals surface area contributed by atoms with Gasteiger partial charge in [0.1, 0.15) is 18.1 Å². The van der Waals surface area contributed by atoms with Crippen LogP contribution in [0.1, 0.15) is 38.9 Å². The van der Waals surface area contributed by atoms with Gasteiger partial charge in [-0.1, -0.05) is 38.5 Å². The molecule has 1 heterocycles. The van der Waals surface area contributed by atoms with E-state index in [4.69, 9.17) is 0 Å². The van der Waals surface area contributed by atoms with Crippen LogP contribution in [0.2, 0.25) is 0 Å². The summed E-state index contributed by atoms with van der Waals surface area (Å²) in [5.41, 5.74) is 1.26. The van der Waals surface area contributed by atoms with Gasteiger partial charge in [0.2, 0.25) is 0 Å². The van der Waals surface area contributed by atoms with Crippen molar-refractivity contribution in [2.75, 3.05) is 0 Å². The largest absolute Gasteiger partial charge is 0.261 e. The highest BCUT2D eigenvalue weighted by Gasteiger charge is 2.17. The van der Waals surface area contributed by atoms with Gasteiger partial charge in [-0.15, -0.1) is 0 Å². The summed E-state index contributed by atoms with van der Waals surface area (Å²) in [7, 11) is 0. The van der Waals surface area contributed by atoms with E-state index < -0.39 is 0 Å². The first-order valence-electron chi connectivity index (χ1n) is 7.02. The zero-order valence-electron chi connectivity index (χ0n) is 11.5. The Morgan fingerprint density at radius 2 is 1.83 bits per heavy atom. The molecule has 0 unspecified atom stereocenters. The number of hydrogen-bond donors (Lipinski definition) is 0. The number of imidazole rings is 1. The van der Waals surface area contributed by atoms with Crippen LogP contribution in [0.4, 0.5) is 0 Å². The lowest BCUT2D eigenvalue weighted by molar-refractivity contribution is -0.703. The number of rotatable bonds is 6. The summed E-state index contributed by atoms with van der Waals surface area (Å²) in [6, 6.07) is 10.6. The normalized spacial score (nSPS) is 10.8. The lowest BCUT2D eigenvalue weighted by Crippen LogP contribution is -2.36. The molecule has 0 fully saturated rings. The Morgan fingerprint density at radius 1 is 1.06 bits per heavy atom. The maximum absolute atomic E-state index is 2.39. The maximum atomic E-state index is 2.39. The third-order valence-corrected chi connectivity index (χ3v) is 3.26. The van der Waals surface area contributed by atoms with Crippen molar-refractivity contribution < 1.29 is 4.57 Å². The first-order chi connectivity index (χ1) is 8.86. The van der Waals surface area contributed by atoms with E-state index in [2.05, 4.69) is 65.7 Å². The zero-order chi connectivity index (χ0) is 12.8. The van der Waals surface area contributed by atoms with Gasteiger partial charge in [0.15, 0.2) is 0 Å². The highest BCUT2D eigenvalue weighted by molar-refractivity contribution is 5.31. The Bertz CT molecular complexity index is 471. The van der Waals surface area contributed by atoms with Crippen LogP contribution >= 0.6 is 0 Å². The molecule has 2 aromatic rings. The molecule has 0 spiro atoms. The van der Waals surface area contributed by atoms with Gasteiger partial charge in [0.05, 0.1) is 6.54 Å². The second-order valence-corrected chi connectivity index (χ2v) is 4.72. The van der Waals surface area contributed by atoms with Gasteiger partial charge >= 0.3 is 0 Å². The second kappa shape index (κ2) is 6.39. The third kappa shape index (κ3) is 2.81. The average molecular weight is 243 g/mol. The number of unbranched alkanes of at least 4 members (excludes halogenated alkanes) is 1. The monoisotopic (exact) mass is 243 g/mol.